The molecule has 0 aliphatic rings. The van der Waals surface area contributed by atoms with E-state index in [2.05, 4.69) is 17.2 Å². The van der Waals surface area contributed by atoms with Gasteiger partial charge in [-0.15, -0.1) is 0 Å². The van der Waals surface area contributed by atoms with E-state index in [1.165, 1.54) is 11.1 Å². The first kappa shape index (κ1) is 13.8. The van der Waals surface area contributed by atoms with Crippen molar-refractivity contribution in [2.45, 2.75) is 20.4 Å². The zero-order chi connectivity index (χ0) is 13.8. The van der Waals surface area contributed by atoms with Gasteiger partial charge in [-0.25, -0.2) is 4.98 Å². The minimum absolute atomic E-state index is 0.435. The number of hydrogen-bond acceptors (Lipinski definition) is 3. The third-order valence-corrected chi connectivity index (χ3v) is 3.21. The molecule has 2 aromatic rings. The lowest BCUT2D eigenvalue weighted by molar-refractivity contribution is 0.462. The molecule has 1 aromatic heterocycles. The van der Waals surface area contributed by atoms with E-state index < -0.39 is 0 Å². The van der Waals surface area contributed by atoms with Crippen LogP contribution in [0.5, 0.6) is 11.6 Å². The molecule has 0 saturated heterocycles. The summed E-state index contributed by atoms with van der Waals surface area (Å²) in [6.07, 6.45) is 1.76. The summed E-state index contributed by atoms with van der Waals surface area (Å²) in [5, 5.41) is 3.57. The molecular formula is C15H17ClN2O. The van der Waals surface area contributed by atoms with Gasteiger partial charge in [0.05, 0.1) is 0 Å². The van der Waals surface area contributed by atoms with Crippen LogP contribution in [-0.2, 0) is 6.54 Å². The number of nitrogens with one attached hydrogen (secondary N) is 1. The second kappa shape index (κ2) is 6.04. The Bertz CT molecular complexity index is 584. The summed E-state index contributed by atoms with van der Waals surface area (Å²) in [4.78, 5) is 4.25. The van der Waals surface area contributed by atoms with E-state index in [0.29, 0.717) is 10.9 Å². The molecule has 0 bridgehead atoms. The molecule has 3 nitrogen and oxygen atoms in total. The van der Waals surface area contributed by atoms with E-state index in [4.69, 9.17) is 16.3 Å². The van der Waals surface area contributed by atoms with E-state index in [1.807, 2.05) is 38.2 Å². The van der Waals surface area contributed by atoms with Gasteiger partial charge in [0.2, 0.25) is 5.88 Å². The first-order valence-electron chi connectivity index (χ1n) is 6.14. The van der Waals surface area contributed by atoms with Crippen LogP contribution in [0.4, 0.5) is 0 Å². The number of benzene rings is 1. The normalized spacial score (nSPS) is 10.5. The Labute approximate surface area is 118 Å². The monoisotopic (exact) mass is 276 g/mol. The topological polar surface area (TPSA) is 34.2 Å². The van der Waals surface area contributed by atoms with Gasteiger partial charge in [-0.2, -0.15) is 0 Å². The molecule has 4 heteroatoms. The van der Waals surface area contributed by atoms with Crippen LogP contribution < -0.4 is 10.1 Å². The van der Waals surface area contributed by atoms with E-state index >= 15 is 0 Å². The van der Waals surface area contributed by atoms with Crippen LogP contribution in [0.2, 0.25) is 5.02 Å². The average molecular weight is 277 g/mol. The maximum atomic E-state index is 6.17. The molecule has 0 radical (unpaired) electrons. The number of nitrogens with zero attached hydrogens (tertiary/aromatic N) is 1. The zero-order valence-electron chi connectivity index (χ0n) is 11.3. The third-order valence-electron chi connectivity index (χ3n) is 2.94. The second-order valence-electron chi connectivity index (χ2n) is 4.51. The Balaban J connectivity index is 2.20. The maximum absolute atomic E-state index is 6.17. The molecular weight excluding hydrogens is 260 g/mol. The van der Waals surface area contributed by atoms with Crippen LogP contribution >= 0.6 is 11.6 Å². The van der Waals surface area contributed by atoms with Crippen LogP contribution in [-0.4, -0.2) is 12.0 Å². The van der Waals surface area contributed by atoms with Crippen molar-refractivity contribution in [1.29, 1.82) is 0 Å². The maximum Gasteiger partial charge on any atom is 0.238 e. The Morgan fingerprint density at radius 2 is 2.00 bits per heavy atom. The number of halogens is 1. The quantitative estimate of drug-likeness (QED) is 0.921. The summed E-state index contributed by atoms with van der Waals surface area (Å²) < 4.78 is 5.71. The highest BCUT2D eigenvalue weighted by atomic mass is 35.5. The van der Waals surface area contributed by atoms with Crippen LogP contribution in [0.3, 0.4) is 0 Å². The first-order chi connectivity index (χ1) is 9.10. The van der Waals surface area contributed by atoms with Crippen LogP contribution in [0.1, 0.15) is 16.7 Å². The fourth-order valence-corrected chi connectivity index (χ4v) is 1.96. The summed E-state index contributed by atoms with van der Waals surface area (Å²) in [5.41, 5.74) is 3.44. The SMILES string of the molecule is CNCc1cnc(Oc2ccc(C)c(C)c2)c(Cl)c1. The minimum atomic E-state index is 0.435. The van der Waals surface area contributed by atoms with Gasteiger partial charge in [-0.1, -0.05) is 17.7 Å². The predicted molar refractivity (Wildman–Crippen MR) is 78.0 cm³/mol. The fraction of sp³-hybridized carbons (Fsp3) is 0.267. The van der Waals surface area contributed by atoms with Gasteiger partial charge in [0.25, 0.3) is 0 Å². The Morgan fingerprint density at radius 3 is 2.63 bits per heavy atom. The second-order valence-corrected chi connectivity index (χ2v) is 4.92. The molecule has 1 heterocycles. The van der Waals surface area contributed by atoms with Crippen molar-refractivity contribution in [3.63, 3.8) is 0 Å². The standard InChI is InChI=1S/C15H17ClN2O/c1-10-4-5-13(6-11(10)2)19-15-14(16)7-12(8-17-3)9-18-15/h4-7,9,17H,8H2,1-3H3. The van der Waals surface area contributed by atoms with Crippen LogP contribution in [0, 0.1) is 13.8 Å². The fourth-order valence-electron chi connectivity index (χ4n) is 1.73. The van der Waals surface area contributed by atoms with Crippen molar-refractivity contribution >= 4 is 11.6 Å². The lowest BCUT2D eigenvalue weighted by Gasteiger charge is -2.09. The van der Waals surface area contributed by atoms with Crippen LogP contribution in [0.25, 0.3) is 0 Å². The molecule has 0 atom stereocenters. The van der Waals surface area contributed by atoms with Crippen molar-refractivity contribution in [1.82, 2.24) is 10.3 Å². The van der Waals surface area contributed by atoms with E-state index in [0.717, 1.165) is 17.9 Å². The van der Waals surface area contributed by atoms with Crippen molar-refractivity contribution in [3.8, 4) is 11.6 Å². The number of rotatable bonds is 4. The highest BCUT2D eigenvalue weighted by Crippen LogP contribution is 2.28. The summed E-state index contributed by atoms with van der Waals surface area (Å²) in [6, 6.07) is 7.78. The molecule has 1 aromatic carbocycles. The van der Waals surface area contributed by atoms with Crippen molar-refractivity contribution in [2.75, 3.05) is 7.05 Å². The molecule has 0 unspecified atom stereocenters. The Morgan fingerprint density at radius 1 is 1.21 bits per heavy atom. The molecule has 0 fully saturated rings. The van der Waals surface area contributed by atoms with Gasteiger partial charge in [0.1, 0.15) is 10.8 Å². The number of hydrogen-bond donors (Lipinski definition) is 1. The number of pyridine rings is 1. The van der Waals surface area contributed by atoms with Gasteiger partial charge >= 0.3 is 0 Å². The molecule has 0 saturated carbocycles. The molecule has 0 spiro atoms. The molecule has 19 heavy (non-hydrogen) atoms. The molecule has 1 N–H and O–H groups in total. The van der Waals surface area contributed by atoms with E-state index in [1.54, 1.807) is 6.20 Å². The van der Waals surface area contributed by atoms with E-state index in [9.17, 15) is 0 Å². The summed E-state index contributed by atoms with van der Waals surface area (Å²) >= 11 is 6.17. The third kappa shape index (κ3) is 3.46. The van der Waals surface area contributed by atoms with Gasteiger partial charge in [-0.3, -0.25) is 0 Å². The molecule has 0 aliphatic heterocycles. The largest absolute Gasteiger partial charge is 0.438 e. The highest BCUT2D eigenvalue weighted by molar-refractivity contribution is 6.31. The summed E-state index contributed by atoms with van der Waals surface area (Å²) in [6.45, 7) is 4.85. The lowest BCUT2D eigenvalue weighted by Crippen LogP contribution is -2.05. The van der Waals surface area contributed by atoms with Gasteiger partial charge in [-0.05, 0) is 55.8 Å². The average Bonchev–Trinajstić information content (AvgIpc) is 2.37. The van der Waals surface area contributed by atoms with Gasteiger partial charge < -0.3 is 10.1 Å². The number of aromatic nitrogens is 1. The van der Waals surface area contributed by atoms with Gasteiger partial charge in [0.15, 0.2) is 0 Å². The lowest BCUT2D eigenvalue weighted by atomic mass is 10.1. The Hall–Kier alpha value is -1.58. The minimum Gasteiger partial charge on any atom is -0.438 e. The van der Waals surface area contributed by atoms with E-state index in [-0.39, 0.29) is 0 Å². The molecule has 2 rings (SSSR count). The highest BCUT2D eigenvalue weighted by Gasteiger charge is 2.07. The number of aryl methyl sites for hydroxylation is 2. The predicted octanol–water partition coefficient (Wildman–Crippen LogP) is 3.86. The van der Waals surface area contributed by atoms with Crippen LogP contribution in [0.15, 0.2) is 30.5 Å². The summed E-state index contributed by atoms with van der Waals surface area (Å²) in [5.74, 6) is 1.18. The zero-order valence-corrected chi connectivity index (χ0v) is 12.1. The van der Waals surface area contributed by atoms with Gasteiger partial charge in [0, 0.05) is 12.7 Å². The number of ether oxygens (including phenoxy) is 1. The molecule has 0 amide bonds. The first-order valence-corrected chi connectivity index (χ1v) is 6.52. The molecule has 100 valence electrons. The molecule has 0 aliphatic carbocycles. The van der Waals surface area contributed by atoms with Crippen molar-refractivity contribution in [2.24, 2.45) is 0 Å². The van der Waals surface area contributed by atoms with Crippen molar-refractivity contribution in [3.05, 3.63) is 52.2 Å². The summed E-state index contributed by atoms with van der Waals surface area (Å²) in [7, 11) is 1.88. The Kier molecular flexibility index (Phi) is 4.40. The smallest absolute Gasteiger partial charge is 0.238 e. The van der Waals surface area contributed by atoms with Crippen molar-refractivity contribution < 1.29 is 4.74 Å².